The maximum atomic E-state index is 12.9. The lowest BCUT2D eigenvalue weighted by Gasteiger charge is -2.07. The summed E-state index contributed by atoms with van der Waals surface area (Å²) in [5, 5.41) is 0.717. The predicted molar refractivity (Wildman–Crippen MR) is 91.4 cm³/mol. The topological polar surface area (TPSA) is 90.9 Å². The molecule has 0 amide bonds. The predicted octanol–water partition coefficient (Wildman–Crippen LogP) is 3.12. The third-order valence-electron chi connectivity index (χ3n) is 3.41. The van der Waals surface area contributed by atoms with Crippen LogP contribution in [0.4, 0.5) is 5.13 Å². The molecule has 4 aromatic rings. The van der Waals surface area contributed by atoms with Gasteiger partial charge in [-0.05, 0) is 36.4 Å². The van der Waals surface area contributed by atoms with Crippen molar-refractivity contribution in [3.63, 3.8) is 0 Å². The van der Waals surface area contributed by atoms with Gasteiger partial charge in [0.05, 0.1) is 26.1 Å². The molecule has 0 radical (unpaired) electrons. The highest BCUT2D eigenvalue weighted by Crippen LogP contribution is 2.28. The number of nitrogens with two attached hydrogens (primary N) is 1. The van der Waals surface area contributed by atoms with Crippen LogP contribution in [0.1, 0.15) is 0 Å². The third kappa shape index (κ3) is 2.26. The molecular formula is C14H9ClN4O2S2. The summed E-state index contributed by atoms with van der Waals surface area (Å²) in [6.07, 6.45) is 1.47. The molecule has 4 rings (SSSR count). The average Bonchev–Trinajstić information content (AvgIpc) is 3.08. The molecule has 3 aromatic heterocycles. The molecule has 0 spiro atoms. The molecule has 23 heavy (non-hydrogen) atoms. The van der Waals surface area contributed by atoms with Gasteiger partial charge in [0.1, 0.15) is 5.15 Å². The molecule has 0 aliphatic rings. The van der Waals surface area contributed by atoms with E-state index >= 15 is 0 Å². The second-order valence-corrected chi connectivity index (χ2v) is 8.10. The molecule has 6 nitrogen and oxygen atoms in total. The number of nitrogens with zero attached hydrogens (tertiary/aromatic N) is 3. The summed E-state index contributed by atoms with van der Waals surface area (Å²) in [7, 11) is -3.75. The zero-order valence-corrected chi connectivity index (χ0v) is 13.9. The lowest BCUT2D eigenvalue weighted by molar-refractivity contribution is 0.589. The molecule has 0 aliphatic heterocycles. The van der Waals surface area contributed by atoms with E-state index in [1.54, 1.807) is 30.3 Å². The van der Waals surface area contributed by atoms with Gasteiger partial charge in [-0.3, -0.25) is 0 Å². The van der Waals surface area contributed by atoms with Gasteiger partial charge >= 0.3 is 0 Å². The van der Waals surface area contributed by atoms with Crippen molar-refractivity contribution < 1.29 is 8.42 Å². The highest BCUT2D eigenvalue weighted by molar-refractivity contribution is 7.90. The molecule has 0 unspecified atom stereocenters. The maximum Gasteiger partial charge on any atom is 0.268 e. The number of pyridine rings is 1. The summed E-state index contributed by atoms with van der Waals surface area (Å²) in [5.41, 5.74) is 7.33. The Morgan fingerprint density at radius 1 is 1.09 bits per heavy atom. The lowest BCUT2D eigenvalue weighted by atomic mass is 10.3. The largest absolute Gasteiger partial charge is 0.375 e. The number of hydrogen-bond acceptors (Lipinski definition) is 6. The zero-order valence-electron chi connectivity index (χ0n) is 11.5. The van der Waals surface area contributed by atoms with Crippen LogP contribution in [-0.2, 0) is 10.0 Å². The Morgan fingerprint density at radius 2 is 1.91 bits per heavy atom. The second-order valence-electron chi connectivity index (χ2n) is 4.84. The first-order chi connectivity index (χ1) is 10.9. The molecule has 9 heteroatoms. The van der Waals surface area contributed by atoms with Crippen LogP contribution in [0.5, 0.6) is 0 Å². The Labute approximate surface area is 140 Å². The first kappa shape index (κ1) is 14.4. The highest BCUT2D eigenvalue weighted by atomic mass is 35.5. The fraction of sp³-hybridized carbons (Fsp3) is 0. The highest BCUT2D eigenvalue weighted by Gasteiger charge is 2.20. The normalized spacial score (nSPS) is 12.2. The molecule has 0 saturated carbocycles. The summed E-state index contributed by atoms with van der Waals surface area (Å²) in [4.78, 5) is 8.41. The second kappa shape index (κ2) is 4.92. The minimum atomic E-state index is -3.75. The van der Waals surface area contributed by atoms with Crippen molar-refractivity contribution in [3.05, 3.63) is 47.7 Å². The SMILES string of the molecule is Nc1nc2ccc(S(=O)(=O)n3ccc4nc(Cl)ccc43)cc2s1. The fourth-order valence-corrected chi connectivity index (χ4v) is 4.75. The van der Waals surface area contributed by atoms with Gasteiger partial charge in [-0.15, -0.1) is 0 Å². The summed E-state index contributed by atoms with van der Waals surface area (Å²) >= 11 is 7.09. The van der Waals surface area contributed by atoms with Crippen molar-refractivity contribution in [1.29, 1.82) is 0 Å². The van der Waals surface area contributed by atoms with Crippen molar-refractivity contribution in [1.82, 2.24) is 13.9 Å². The first-order valence-electron chi connectivity index (χ1n) is 6.50. The van der Waals surface area contributed by atoms with Gasteiger partial charge in [0.25, 0.3) is 10.0 Å². The van der Waals surface area contributed by atoms with Gasteiger partial charge in [0.2, 0.25) is 0 Å². The van der Waals surface area contributed by atoms with E-state index in [9.17, 15) is 8.42 Å². The van der Waals surface area contributed by atoms with Crippen LogP contribution >= 0.6 is 22.9 Å². The molecule has 2 N–H and O–H groups in total. The lowest BCUT2D eigenvalue weighted by Crippen LogP contribution is -2.11. The maximum absolute atomic E-state index is 12.9. The number of hydrogen-bond donors (Lipinski definition) is 1. The zero-order chi connectivity index (χ0) is 16.2. The standard InChI is InChI=1S/C14H9ClN4O2S2/c15-13-4-3-11-9(17-13)5-6-19(11)23(20,21)8-1-2-10-12(7-8)22-14(16)18-10/h1-7H,(H2,16,18). The molecule has 0 atom stereocenters. The Balaban J connectivity index is 1.93. The van der Waals surface area contributed by atoms with Crippen LogP contribution in [0.25, 0.3) is 21.3 Å². The molecule has 3 heterocycles. The molecule has 0 fully saturated rings. The van der Waals surface area contributed by atoms with Crippen molar-refractivity contribution in [2.24, 2.45) is 0 Å². The summed E-state index contributed by atoms with van der Waals surface area (Å²) in [5.74, 6) is 0. The van der Waals surface area contributed by atoms with Crippen LogP contribution in [0, 0.1) is 0 Å². The number of anilines is 1. The van der Waals surface area contributed by atoms with Crippen molar-refractivity contribution in [2.75, 3.05) is 5.73 Å². The van der Waals surface area contributed by atoms with Crippen molar-refractivity contribution in [3.8, 4) is 0 Å². The van der Waals surface area contributed by atoms with Crippen LogP contribution in [-0.4, -0.2) is 22.4 Å². The van der Waals surface area contributed by atoms with E-state index in [2.05, 4.69) is 9.97 Å². The number of halogens is 1. The molecule has 0 saturated heterocycles. The van der Waals surface area contributed by atoms with E-state index in [0.29, 0.717) is 26.8 Å². The van der Waals surface area contributed by atoms with E-state index in [4.69, 9.17) is 17.3 Å². The molecule has 0 bridgehead atoms. The first-order valence-corrected chi connectivity index (χ1v) is 9.14. The van der Waals surface area contributed by atoms with Gasteiger partial charge in [0, 0.05) is 6.20 Å². The molecule has 116 valence electrons. The minimum absolute atomic E-state index is 0.168. The number of benzene rings is 1. The monoisotopic (exact) mass is 364 g/mol. The van der Waals surface area contributed by atoms with Crippen molar-refractivity contribution in [2.45, 2.75) is 4.90 Å². The summed E-state index contributed by atoms with van der Waals surface area (Å²) in [6.45, 7) is 0. The van der Waals surface area contributed by atoms with Crippen LogP contribution < -0.4 is 5.73 Å². The van der Waals surface area contributed by atoms with Gasteiger partial charge in [-0.2, -0.15) is 0 Å². The van der Waals surface area contributed by atoms with E-state index in [1.165, 1.54) is 27.6 Å². The van der Waals surface area contributed by atoms with Crippen LogP contribution in [0.15, 0.2) is 47.5 Å². The minimum Gasteiger partial charge on any atom is -0.375 e. The number of thiazole rings is 1. The Bertz CT molecular complexity index is 1160. The van der Waals surface area contributed by atoms with Crippen molar-refractivity contribution >= 4 is 59.3 Å². The summed E-state index contributed by atoms with van der Waals surface area (Å²) in [6, 6.07) is 9.55. The Hall–Kier alpha value is -2.16. The molecular weight excluding hydrogens is 356 g/mol. The van der Waals surface area contributed by atoms with E-state index in [1.807, 2.05) is 0 Å². The number of rotatable bonds is 2. The fourth-order valence-electron chi connectivity index (χ4n) is 2.38. The summed E-state index contributed by atoms with van der Waals surface area (Å²) < 4.78 is 27.7. The smallest absolute Gasteiger partial charge is 0.268 e. The Kier molecular flexibility index (Phi) is 3.09. The Morgan fingerprint density at radius 3 is 2.74 bits per heavy atom. The van der Waals surface area contributed by atoms with Crippen LogP contribution in [0.2, 0.25) is 5.15 Å². The number of fused-ring (bicyclic) bond motifs is 2. The van der Waals surface area contributed by atoms with E-state index < -0.39 is 10.0 Å². The molecule has 0 aliphatic carbocycles. The van der Waals surface area contributed by atoms with Gasteiger partial charge in [-0.1, -0.05) is 22.9 Å². The number of aromatic nitrogens is 3. The number of nitrogen functional groups attached to an aromatic ring is 1. The van der Waals surface area contributed by atoms with Crippen LogP contribution in [0.3, 0.4) is 0 Å². The van der Waals surface area contributed by atoms with E-state index in [-0.39, 0.29) is 4.90 Å². The van der Waals surface area contributed by atoms with Gasteiger partial charge < -0.3 is 5.73 Å². The van der Waals surface area contributed by atoms with Gasteiger partial charge in [0.15, 0.2) is 5.13 Å². The van der Waals surface area contributed by atoms with Gasteiger partial charge in [-0.25, -0.2) is 22.4 Å². The third-order valence-corrected chi connectivity index (χ3v) is 6.15. The molecule has 1 aromatic carbocycles. The van der Waals surface area contributed by atoms with E-state index in [0.717, 1.165) is 4.70 Å². The quantitative estimate of drug-likeness (QED) is 0.552. The average molecular weight is 365 g/mol.